The Labute approximate surface area is 194 Å². The summed E-state index contributed by atoms with van der Waals surface area (Å²) in [6, 6.07) is 13.6. The lowest BCUT2D eigenvalue weighted by Gasteiger charge is -2.30. The lowest BCUT2D eigenvalue weighted by molar-refractivity contribution is -0.143. The van der Waals surface area contributed by atoms with Gasteiger partial charge in [0.2, 0.25) is 0 Å². The van der Waals surface area contributed by atoms with E-state index in [-0.39, 0.29) is 5.91 Å². The molecule has 2 amide bonds. The van der Waals surface area contributed by atoms with E-state index in [2.05, 4.69) is 18.4 Å². The van der Waals surface area contributed by atoms with Gasteiger partial charge in [-0.15, -0.1) is 0 Å². The van der Waals surface area contributed by atoms with Gasteiger partial charge in [-0.25, -0.2) is 10.0 Å². The van der Waals surface area contributed by atoms with Crippen LogP contribution in [0.15, 0.2) is 48.5 Å². The molecule has 0 fully saturated rings. The maximum atomic E-state index is 13.4. The molecule has 0 radical (unpaired) electrons. The Morgan fingerprint density at radius 2 is 1.82 bits per heavy atom. The summed E-state index contributed by atoms with van der Waals surface area (Å²) in [5.74, 6) is 0.335. The van der Waals surface area contributed by atoms with Crippen LogP contribution in [0.1, 0.15) is 42.1 Å². The van der Waals surface area contributed by atoms with Gasteiger partial charge in [0.25, 0.3) is 11.8 Å². The highest BCUT2D eigenvalue weighted by atomic mass is 16.6. The maximum absolute atomic E-state index is 13.4. The van der Waals surface area contributed by atoms with Gasteiger partial charge >= 0.3 is 0 Å². The molecule has 0 bridgehead atoms. The van der Waals surface area contributed by atoms with Crippen LogP contribution < -0.4 is 14.8 Å². The smallest absolute Gasteiger partial charge is 0.264 e. The number of fused-ring (bicyclic) bond motifs is 1. The van der Waals surface area contributed by atoms with E-state index in [9.17, 15) is 14.9 Å². The van der Waals surface area contributed by atoms with Crippen LogP contribution >= 0.6 is 0 Å². The standard InChI is InChI=1S/C25H30N4O4/c1-3-4-8-13-29(18-26)28(2)25(31)21(16-19-9-6-5-7-10-19)27-24(30)20-11-12-22-23(17-20)33-15-14-32-22/h5-7,9-12,17,21H,3-4,8,13-16H2,1-2H3,(H,27,30)/t21-/m0/s1. The van der Waals surface area contributed by atoms with Crippen LogP contribution in [0.5, 0.6) is 11.5 Å². The zero-order valence-corrected chi connectivity index (χ0v) is 19.1. The Kier molecular flexibility index (Phi) is 8.53. The van der Waals surface area contributed by atoms with Crippen molar-refractivity contribution in [3.63, 3.8) is 0 Å². The normalized spacial score (nSPS) is 12.9. The van der Waals surface area contributed by atoms with Crippen molar-refractivity contribution in [1.29, 1.82) is 5.26 Å². The van der Waals surface area contributed by atoms with Gasteiger partial charge in [0.05, 0.1) is 6.54 Å². The van der Waals surface area contributed by atoms with Crippen molar-refractivity contribution >= 4 is 11.8 Å². The number of likely N-dealkylation sites (N-methyl/N-ethyl adjacent to an activating group) is 1. The topological polar surface area (TPSA) is 94.9 Å². The highest BCUT2D eigenvalue weighted by Gasteiger charge is 2.28. The molecule has 174 valence electrons. The number of nitrogens with zero attached hydrogens (tertiary/aromatic N) is 3. The average Bonchev–Trinajstić information content (AvgIpc) is 2.85. The van der Waals surface area contributed by atoms with Gasteiger partial charge in [0.1, 0.15) is 19.3 Å². The number of hydrogen-bond donors (Lipinski definition) is 1. The molecule has 0 saturated heterocycles. The van der Waals surface area contributed by atoms with Crippen molar-refractivity contribution in [2.75, 3.05) is 26.8 Å². The van der Waals surface area contributed by atoms with Crippen molar-refractivity contribution in [3.8, 4) is 17.7 Å². The minimum Gasteiger partial charge on any atom is -0.486 e. The van der Waals surface area contributed by atoms with E-state index < -0.39 is 11.9 Å². The van der Waals surface area contributed by atoms with E-state index in [0.29, 0.717) is 43.2 Å². The monoisotopic (exact) mass is 450 g/mol. The summed E-state index contributed by atoms with van der Waals surface area (Å²) in [5, 5.41) is 15.0. The molecule has 1 N–H and O–H groups in total. The van der Waals surface area contributed by atoms with Gasteiger partial charge in [0, 0.05) is 19.0 Å². The molecule has 1 aliphatic rings. The fourth-order valence-corrected chi connectivity index (χ4v) is 3.60. The summed E-state index contributed by atoms with van der Waals surface area (Å²) in [5.41, 5.74) is 1.27. The number of nitriles is 1. The number of amides is 2. The van der Waals surface area contributed by atoms with Gasteiger partial charge < -0.3 is 14.8 Å². The van der Waals surface area contributed by atoms with Crippen molar-refractivity contribution < 1.29 is 19.1 Å². The van der Waals surface area contributed by atoms with Gasteiger partial charge in [-0.2, -0.15) is 5.26 Å². The number of benzene rings is 2. The summed E-state index contributed by atoms with van der Waals surface area (Å²) in [6.07, 6.45) is 5.15. The maximum Gasteiger partial charge on any atom is 0.264 e. The summed E-state index contributed by atoms with van der Waals surface area (Å²) in [4.78, 5) is 26.4. The lowest BCUT2D eigenvalue weighted by atomic mass is 10.0. The van der Waals surface area contributed by atoms with Crippen LogP contribution in [0.4, 0.5) is 0 Å². The molecule has 0 aliphatic carbocycles. The van der Waals surface area contributed by atoms with Crippen molar-refractivity contribution in [2.24, 2.45) is 0 Å². The van der Waals surface area contributed by atoms with E-state index >= 15 is 0 Å². The molecule has 0 unspecified atom stereocenters. The number of rotatable bonds is 10. The number of ether oxygens (including phenoxy) is 2. The van der Waals surface area contributed by atoms with Gasteiger partial charge in [-0.05, 0) is 30.2 Å². The third-order valence-corrected chi connectivity index (χ3v) is 5.46. The fraction of sp³-hybridized carbons (Fsp3) is 0.400. The third-order valence-electron chi connectivity index (χ3n) is 5.46. The molecule has 1 heterocycles. The highest BCUT2D eigenvalue weighted by Crippen LogP contribution is 2.30. The van der Waals surface area contributed by atoms with Crippen LogP contribution in [0.3, 0.4) is 0 Å². The molecule has 2 aromatic carbocycles. The number of carbonyl (C=O) groups excluding carboxylic acids is 2. The largest absolute Gasteiger partial charge is 0.486 e. The number of hydrogen-bond acceptors (Lipinski definition) is 6. The minimum atomic E-state index is -0.847. The van der Waals surface area contributed by atoms with Crippen molar-refractivity contribution in [3.05, 3.63) is 59.7 Å². The van der Waals surface area contributed by atoms with E-state index in [1.807, 2.05) is 30.3 Å². The Morgan fingerprint density at radius 1 is 1.09 bits per heavy atom. The number of carbonyl (C=O) groups is 2. The summed E-state index contributed by atoms with van der Waals surface area (Å²) in [7, 11) is 1.56. The van der Waals surface area contributed by atoms with Crippen molar-refractivity contribution in [1.82, 2.24) is 15.3 Å². The predicted octanol–water partition coefficient (Wildman–Crippen LogP) is 3.15. The lowest BCUT2D eigenvalue weighted by Crippen LogP contribution is -2.53. The SMILES string of the molecule is CCCCCN(C#N)N(C)C(=O)[C@H](Cc1ccccc1)NC(=O)c1ccc2c(c1)OCCO2. The molecule has 0 saturated carbocycles. The van der Waals surface area contributed by atoms with E-state index in [1.54, 1.807) is 25.2 Å². The molecule has 3 rings (SSSR count). The van der Waals surface area contributed by atoms with Crippen LogP contribution in [-0.4, -0.2) is 54.7 Å². The first-order valence-corrected chi connectivity index (χ1v) is 11.2. The molecule has 2 aromatic rings. The van der Waals surface area contributed by atoms with Crippen LogP contribution in [0.2, 0.25) is 0 Å². The summed E-state index contributed by atoms with van der Waals surface area (Å²) in [6.45, 7) is 3.40. The molecule has 33 heavy (non-hydrogen) atoms. The zero-order chi connectivity index (χ0) is 23.6. The van der Waals surface area contributed by atoms with Crippen LogP contribution in [-0.2, 0) is 11.2 Å². The Bertz CT molecular complexity index is 990. The zero-order valence-electron chi connectivity index (χ0n) is 19.1. The Hall–Kier alpha value is -3.73. The first kappa shape index (κ1) is 23.9. The second-order valence-corrected chi connectivity index (χ2v) is 7.87. The third kappa shape index (κ3) is 6.39. The predicted molar refractivity (Wildman–Crippen MR) is 123 cm³/mol. The molecule has 8 heteroatoms. The molecule has 1 aliphatic heterocycles. The number of hydrazine groups is 1. The Balaban J connectivity index is 1.78. The second kappa shape index (κ2) is 11.8. The van der Waals surface area contributed by atoms with Gasteiger partial charge in [0.15, 0.2) is 17.7 Å². The highest BCUT2D eigenvalue weighted by molar-refractivity contribution is 5.98. The second-order valence-electron chi connectivity index (χ2n) is 7.87. The number of nitrogens with one attached hydrogen (secondary N) is 1. The van der Waals surface area contributed by atoms with Crippen LogP contribution in [0.25, 0.3) is 0 Å². The molecular weight excluding hydrogens is 420 g/mol. The first-order chi connectivity index (χ1) is 16.0. The quantitative estimate of drug-likeness (QED) is 0.259. The average molecular weight is 451 g/mol. The van der Waals surface area contributed by atoms with Gasteiger partial charge in [-0.1, -0.05) is 50.1 Å². The van der Waals surface area contributed by atoms with Crippen LogP contribution in [0, 0.1) is 11.5 Å². The first-order valence-electron chi connectivity index (χ1n) is 11.2. The fourth-order valence-electron chi connectivity index (χ4n) is 3.60. The molecular formula is C25H30N4O4. The van der Waals surface area contributed by atoms with Gasteiger partial charge in [-0.3, -0.25) is 9.59 Å². The van der Waals surface area contributed by atoms with E-state index in [4.69, 9.17) is 9.47 Å². The summed E-state index contributed by atoms with van der Waals surface area (Å²) < 4.78 is 11.1. The number of unbranched alkanes of at least 4 members (excludes halogenated alkanes) is 2. The van der Waals surface area contributed by atoms with E-state index in [0.717, 1.165) is 24.8 Å². The Morgan fingerprint density at radius 3 is 2.52 bits per heavy atom. The molecule has 0 aromatic heterocycles. The molecule has 1 atom stereocenters. The molecule has 8 nitrogen and oxygen atoms in total. The van der Waals surface area contributed by atoms with Crippen molar-refractivity contribution in [2.45, 2.75) is 38.6 Å². The minimum absolute atomic E-state index is 0.300. The summed E-state index contributed by atoms with van der Waals surface area (Å²) >= 11 is 0. The van der Waals surface area contributed by atoms with E-state index in [1.165, 1.54) is 10.0 Å². The molecule has 0 spiro atoms.